The summed E-state index contributed by atoms with van der Waals surface area (Å²) in [5, 5.41) is 19.1. The highest BCUT2D eigenvalue weighted by Crippen LogP contribution is 2.37. The fourth-order valence-electron chi connectivity index (χ4n) is 10.0. The first-order valence-electron chi connectivity index (χ1n) is 30.6. The second-order valence-electron chi connectivity index (χ2n) is 24.4. The van der Waals surface area contributed by atoms with Crippen LogP contribution in [0, 0.1) is 20.8 Å². The van der Waals surface area contributed by atoms with E-state index in [0.717, 1.165) is 132 Å². The minimum absolute atomic E-state index is 0.000317. The third kappa shape index (κ3) is 16.8. The number of hydrogen-bond donors (Lipinski definition) is 5. The van der Waals surface area contributed by atoms with Gasteiger partial charge in [-0.3, -0.25) is 14.4 Å². The number of carbonyl (C=O) groups excluding carboxylic acids is 3. The van der Waals surface area contributed by atoms with Crippen molar-refractivity contribution >= 4 is 114 Å². The van der Waals surface area contributed by atoms with E-state index < -0.39 is 7.12 Å². The molecule has 4 fully saturated rings. The number of aromatic nitrogens is 6. The number of carbonyl (C=O) groups is 3. The van der Waals surface area contributed by atoms with E-state index in [1.54, 1.807) is 12.4 Å². The van der Waals surface area contributed by atoms with Crippen molar-refractivity contribution in [3.05, 3.63) is 207 Å². The lowest BCUT2D eigenvalue weighted by molar-refractivity contribution is 0.00578. The van der Waals surface area contributed by atoms with Crippen LogP contribution in [0.1, 0.15) is 114 Å². The SMILES string of the molecule is Cc1ccc(C(=O)NC2CC2)cc1-c1ccc2nc(Cl)ncc2c1.Cc1ccc(C(=O)NC2CC2)cc1-c1ccc2nc(NCCNc3ccccc3)ncc2c1.Cc1ccc(C(=O)NC2CC2)cc1B1OC(C)(C)C(C)(C)O1.Clc1ncc2cc(Br)ccc2n1. The van der Waals surface area contributed by atoms with Gasteiger partial charge in [-0.2, -0.15) is 0 Å². The molecule has 3 aromatic heterocycles. The molecule has 0 radical (unpaired) electrons. The predicted molar refractivity (Wildman–Crippen MR) is 368 cm³/mol. The second-order valence-corrected chi connectivity index (χ2v) is 26.0. The Bertz CT molecular complexity index is 4280. The normalized spacial score (nSPS) is 15.3. The summed E-state index contributed by atoms with van der Waals surface area (Å²) in [6.07, 6.45) is 11.8. The first-order chi connectivity index (χ1) is 43.7. The molecule has 0 atom stereocenters. The van der Waals surface area contributed by atoms with Gasteiger partial charge in [-0.1, -0.05) is 70.0 Å². The van der Waals surface area contributed by atoms with Crippen molar-refractivity contribution in [3.8, 4) is 22.3 Å². The smallest absolute Gasteiger partial charge is 0.399 e. The number of amides is 3. The van der Waals surface area contributed by atoms with Crippen LogP contribution in [0.15, 0.2) is 163 Å². The fourth-order valence-corrected chi connectivity index (χ4v) is 10.7. The molecule has 0 spiro atoms. The van der Waals surface area contributed by atoms with E-state index in [-0.39, 0.29) is 39.5 Å². The zero-order valence-corrected chi connectivity index (χ0v) is 54.9. The molecular formula is C71H71BBrCl2N11O5. The van der Waals surface area contributed by atoms with Crippen LogP contribution >= 0.6 is 39.1 Å². The van der Waals surface area contributed by atoms with Crippen LogP contribution in [0.3, 0.4) is 0 Å². The number of aryl methyl sites for hydroxylation is 3. The highest BCUT2D eigenvalue weighted by molar-refractivity contribution is 9.10. The van der Waals surface area contributed by atoms with Gasteiger partial charge in [0.25, 0.3) is 17.7 Å². The van der Waals surface area contributed by atoms with E-state index in [0.29, 0.717) is 47.3 Å². The first-order valence-corrected chi connectivity index (χ1v) is 32.2. The van der Waals surface area contributed by atoms with Gasteiger partial charge in [0.15, 0.2) is 0 Å². The highest BCUT2D eigenvalue weighted by Gasteiger charge is 2.52. The second kappa shape index (κ2) is 28.0. The molecule has 91 heavy (non-hydrogen) atoms. The monoisotopic (exact) mass is 1320 g/mol. The summed E-state index contributed by atoms with van der Waals surface area (Å²) in [6.45, 7) is 15.7. The largest absolute Gasteiger partial charge is 0.495 e. The number of nitrogens with zero attached hydrogens (tertiary/aromatic N) is 6. The summed E-state index contributed by atoms with van der Waals surface area (Å²) >= 11 is 14.8. The quantitative estimate of drug-likeness (QED) is 0.0391. The lowest BCUT2D eigenvalue weighted by atomic mass is 9.75. The summed E-state index contributed by atoms with van der Waals surface area (Å²) < 4.78 is 13.2. The van der Waals surface area contributed by atoms with Gasteiger partial charge in [0, 0.05) is 92.8 Å². The van der Waals surface area contributed by atoms with Crippen LogP contribution in [-0.2, 0) is 9.31 Å². The number of nitrogens with one attached hydrogen (secondary N) is 5. The standard InChI is InChI=1S/C27H27N5O.C19H16ClN3O.C17H24BNO3.C8H4BrClN2/c1-18-7-8-20(26(33)31-23-10-11-23)16-24(18)19-9-12-25-21(15-19)17-30-27(32-25)29-14-13-28-22-5-3-2-4-6-22;1-11-2-3-13(18(24)22-15-5-6-15)9-16(11)12-4-7-17-14(8-12)10-21-19(20)23-17;1-11-6-7-12(15(20)19-13-8-9-13)10-14(11)18-21-16(2,3)17(4,5)22-18;9-6-1-2-7-5(3-6)4-11-8(10)12-7/h2-9,12,15-17,23,28H,10-11,13-14H2,1H3,(H,31,33)(H,29,30,32);2-4,7-10,15H,5-6H2,1H3,(H,22,24);6-7,10,13H,8-9H2,1-5H3,(H,19,20);1-4H. The minimum Gasteiger partial charge on any atom is -0.399 e. The lowest BCUT2D eigenvalue weighted by Crippen LogP contribution is -2.41. The maximum atomic E-state index is 12.5. The Labute approximate surface area is 548 Å². The van der Waals surface area contributed by atoms with Gasteiger partial charge in [-0.05, 0) is 240 Å². The average Bonchev–Trinajstić information content (AvgIpc) is 2.09. The number of anilines is 2. The molecule has 464 valence electrons. The maximum absolute atomic E-state index is 12.5. The molecule has 4 heterocycles. The number of rotatable bonds is 14. The molecule has 3 saturated carbocycles. The highest BCUT2D eigenvalue weighted by atomic mass is 79.9. The number of fused-ring (bicyclic) bond motifs is 3. The zero-order valence-electron chi connectivity index (χ0n) is 51.8. The molecule has 20 heteroatoms. The molecule has 14 rings (SSSR count). The van der Waals surface area contributed by atoms with Crippen molar-refractivity contribution in [1.29, 1.82) is 0 Å². The molecule has 1 saturated heterocycles. The molecule has 3 amide bonds. The van der Waals surface area contributed by atoms with Crippen molar-refractivity contribution in [2.24, 2.45) is 0 Å². The topological polar surface area (TPSA) is 207 Å². The molecular weight excluding hydrogens is 1250 g/mol. The Morgan fingerprint density at radius 1 is 0.505 bits per heavy atom. The van der Waals surface area contributed by atoms with Crippen LogP contribution < -0.4 is 32.0 Å². The van der Waals surface area contributed by atoms with Gasteiger partial charge >= 0.3 is 7.12 Å². The summed E-state index contributed by atoms with van der Waals surface area (Å²) in [7, 11) is -0.432. The van der Waals surface area contributed by atoms with Crippen LogP contribution in [0.2, 0.25) is 10.6 Å². The lowest BCUT2D eigenvalue weighted by Gasteiger charge is -2.32. The molecule has 7 aromatic carbocycles. The number of halogens is 3. The van der Waals surface area contributed by atoms with Crippen LogP contribution in [0.25, 0.3) is 55.0 Å². The van der Waals surface area contributed by atoms with Crippen LogP contribution in [0.4, 0.5) is 11.6 Å². The Kier molecular flexibility index (Phi) is 19.7. The number of hydrogen-bond acceptors (Lipinski definition) is 13. The van der Waals surface area contributed by atoms with Crippen molar-refractivity contribution in [1.82, 2.24) is 45.9 Å². The van der Waals surface area contributed by atoms with E-state index in [1.807, 2.05) is 175 Å². The van der Waals surface area contributed by atoms with Gasteiger partial charge < -0.3 is 35.9 Å². The summed E-state index contributed by atoms with van der Waals surface area (Å²) in [5.41, 5.74) is 13.4. The third-order valence-electron chi connectivity index (χ3n) is 16.6. The van der Waals surface area contributed by atoms with E-state index in [2.05, 4.69) is 91.5 Å². The average molecular weight is 1320 g/mol. The van der Waals surface area contributed by atoms with E-state index in [9.17, 15) is 14.4 Å². The van der Waals surface area contributed by atoms with E-state index in [4.69, 9.17) is 32.5 Å². The summed E-state index contributed by atoms with van der Waals surface area (Å²) in [5.74, 6) is 0.593. The van der Waals surface area contributed by atoms with Gasteiger partial charge in [-0.15, -0.1) is 0 Å². The molecule has 10 aromatic rings. The molecule has 5 N–H and O–H groups in total. The molecule has 16 nitrogen and oxygen atoms in total. The Morgan fingerprint density at radius 2 is 0.934 bits per heavy atom. The Balaban J connectivity index is 0.000000131. The number of benzene rings is 7. The van der Waals surface area contributed by atoms with Gasteiger partial charge in [-0.25, -0.2) is 29.9 Å². The molecule has 4 aliphatic rings. The van der Waals surface area contributed by atoms with E-state index >= 15 is 0 Å². The maximum Gasteiger partial charge on any atom is 0.495 e. The zero-order chi connectivity index (χ0) is 64.0. The van der Waals surface area contributed by atoms with Gasteiger partial charge in [0.05, 0.1) is 27.8 Å². The predicted octanol–water partition coefficient (Wildman–Crippen LogP) is 14.4. The van der Waals surface area contributed by atoms with Gasteiger partial charge in [0.1, 0.15) is 0 Å². The first kappa shape index (κ1) is 64.2. The Hall–Kier alpha value is -8.39. The van der Waals surface area contributed by atoms with Crippen molar-refractivity contribution in [2.45, 2.75) is 116 Å². The van der Waals surface area contributed by atoms with Crippen LogP contribution in [0.5, 0.6) is 0 Å². The van der Waals surface area contributed by atoms with Crippen molar-refractivity contribution in [2.75, 3.05) is 23.7 Å². The fraction of sp³-hybridized carbons (Fsp3) is 0.282. The summed E-state index contributed by atoms with van der Waals surface area (Å²) in [4.78, 5) is 62.3. The van der Waals surface area contributed by atoms with E-state index in [1.165, 1.54) is 0 Å². The summed E-state index contributed by atoms with van der Waals surface area (Å²) in [6, 6.07) is 46.4. The minimum atomic E-state index is -0.432. The number of para-hydroxylation sites is 1. The molecule has 1 aliphatic heterocycles. The third-order valence-corrected chi connectivity index (χ3v) is 17.4. The van der Waals surface area contributed by atoms with Crippen LogP contribution in [-0.4, -0.2) is 97.2 Å². The molecule has 3 aliphatic carbocycles. The van der Waals surface area contributed by atoms with Crippen molar-refractivity contribution in [3.63, 3.8) is 0 Å². The van der Waals surface area contributed by atoms with Gasteiger partial charge in [0.2, 0.25) is 16.5 Å². The molecule has 0 bridgehead atoms. The molecule has 0 unspecified atom stereocenters. The van der Waals surface area contributed by atoms with Crippen molar-refractivity contribution < 1.29 is 23.7 Å². The Morgan fingerprint density at radius 3 is 1.43 bits per heavy atom.